The van der Waals surface area contributed by atoms with Gasteiger partial charge in [-0.3, -0.25) is 14.3 Å². The molecule has 0 aliphatic rings. The number of halogens is 4. The zero-order valence-electron chi connectivity index (χ0n) is 22.0. The van der Waals surface area contributed by atoms with Crippen molar-refractivity contribution in [3.63, 3.8) is 0 Å². The van der Waals surface area contributed by atoms with Gasteiger partial charge in [-0.25, -0.2) is 8.60 Å². The van der Waals surface area contributed by atoms with E-state index in [4.69, 9.17) is 0 Å². The lowest BCUT2D eigenvalue weighted by atomic mass is 10.0. The van der Waals surface area contributed by atoms with Crippen LogP contribution in [0.3, 0.4) is 0 Å². The second-order valence-corrected chi connectivity index (χ2v) is 11.4. The van der Waals surface area contributed by atoms with Gasteiger partial charge in [0.1, 0.15) is 11.5 Å². The number of nitrogens with zero attached hydrogens (tertiary/aromatic N) is 1. The summed E-state index contributed by atoms with van der Waals surface area (Å²) in [5.74, 6) is -0.855. The summed E-state index contributed by atoms with van der Waals surface area (Å²) in [4.78, 5) is 29.7. The molecule has 2 aromatic heterocycles. The highest BCUT2D eigenvalue weighted by atomic mass is 32.2. The van der Waals surface area contributed by atoms with E-state index in [0.29, 0.717) is 10.6 Å². The highest BCUT2D eigenvalue weighted by Crippen LogP contribution is 2.38. The van der Waals surface area contributed by atoms with Gasteiger partial charge in [0.2, 0.25) is 0 Å². The van der Waals surface area contributed by atoms with Crippen LogP contribution in [0.5, 0.6) is 0 Å². The van der Waals surface area contributed by atoms with E-state index in [2.05, 4.69) is 9.71 Å². The third kappa shape index (κ3) is 5.90. The van der Waals surface area contributed by atoms with Gasteiger partial charge >= 0.3 is 6.18 Å². The maximum atomic E-state index is 14.8. The molecule has 1 unspecified atom stereocenters. The number of aromatic amines is 1. The van der Waals surface area contributed by atoms with Crippen LogP contribution in [0.15, 0.2) is 94.7 Å². The highest BCUT2D eigenvalue weighted by molar-refractivity contribution is 7.97. The van der Waals surface area contributed by atoms with Crippen molar-refractivity contribution in [3.05, 3.63) is 124 Å². The first kappa shape index (κ1) is 29.3. The molecule has 1 amide bonds. The van der Waals surface area contributed by atoms with Crippen molar-refractivity contribution < 1.29 is 26.6 Å². The monoisotopic (exact) mass is 613 g/mol. The summed E-state index contributed by atoms with van der Waals surface area (Å²) in [5, 5.41) is -0.0456. The van der Waals surface area contributed by atoms with Gasteiger partial charge in [0.05, 0.1) is 17.0 Å². The minimum atomic E-state index is -4.71. The number of alkyl halides is 3. The van der Waals surface area contributed by atoms with Crippen molar-refractivity contribution in [2.75, 3.05) is 6.26 Å². The molecule has 0 saturated carbocycles. The lowest BCUT2D eigenvalue weighted by molar-refractivity contribution is -0.137. The van der Waals surface area contributed by atoms with Crippen LogP contribution in [0.1, 0.15) is 27.2 Å². The van der Waals surface area contributed by atoms with Crippen LogP contribution < -0.4 is 10.3 Å². The third-order valence-corrected chi connectivity index (χ3v) is 8.26. The number of H-pyrrole nitrogens is 1. The normalized spacial score (nSPS) is 12.4. The van der Waals surface area contributed by atoms with Crippen LogP contribution in [0.25, 0.3) is 22.0 Å². The maximum absolute atomic E-state index is 14.8. The highest BCUT2D eigenvalue weighted by Gasteiger charge is 2.33. The van der Waals surface area contributed by atoms with Crippen LogP contribution in [-0.4, -0.2) is 25.9 Å². The van der Waals surface area contributed by atoms with Crippen molar-refractivity contribution in [1.29, 1.82) is 0 Å². The molecular formula is C30H23F4N3O3S2. The fraction of sp³-hybridized carbons (Fsp3) is 0.133. The van der Waals surface area contributed by atoms with Crippen molar-refractivity contribution >= 4 is 39.6 Å². The van der Waals surface area contributed by atoms with E-state index >= 15 is 0 Å². The molecule has 1 atom stereocenters. The average Bonchev–Trinajstić information content (AvgIpc) is 3.27. The Morgan fingerprint density at radius 2 is 1.81 bits per heavy atom. The minimum absolute atomic E-state index is 0.0456. The molecule has 2 N–H and O–H groups in total. The smallest absolute Gasteiger partial charge is 0.331 e. The molecule has 0 aliphatic heterocycles. The number of hydrogen-bond acceptors (Lipinski definition) is 4. The number of thioether (sulfide) groups is 1. The van der Waals surface area contributed by atoms with E-state index in [1.54, 1.807) is 36.0 Å². The minimum Gasteiger partial charge on any atom is -0.331 e. The number of pyridine rings is 1. The number of rotatable bonds is 8. The number of benzene rings is 3. The number of carbonyl (C=O) groups is 1. The molecule has 216 valence electrons. The van der Waals surface area contributed by atoms with Gasteiger partial charge < -0.3 is 9.55 Å². The molecule has 6 nitrogen and oxygen atoms in total. The Kier molecular flexibility index (Phi) is 8.37. The Morgan fingerprint density at radius 1 is 1.02 bits per heavy atom. The summed E-state index contributed by atoms with van der Waals surface area (Å²) >= 11 is 1.56. The molecule has 12 heteroatoms. The SMILES string of the molecule is CSCc1cccc(S(=O)NC(=O)c2c(-c3ccc[nH]c3=O)c3cc(C(F)(F)F)ccc3n2Cc2ccccc2F)c1. The van der Waals surface area contributed by atoms with Gasteiger partial charge in [-0.1, -0.05) is 30.3 Å². The van der Waals surface area contributed by atoms with Crippen LogP contribution in [-0.2, 0) is 29.5 Å². The molecule has 5 aromatic rings. The lowest BCUT2D eigenvalue weighted by Crippen LogP contribution is -2.29. The standard InChI is InChI=1S/C30H23F4N3O3S2/c1-41-17-18-6-4-8-21(14-18)42(40)36-29(39)27-26(22-9-5-13-35-28(22)38)23-15-20(30(32,33)34)11-12-25(23)37(27)16-19-7-2-3-10-24(19)31/h2-15H,16-17H2,1H3,(H,35,38)(H,36,39). The fourth-order valence-electron chi connectivity index (χ4n) is 4.73. The zero-order chi connectivity index (χ0) is 30.0. The van der Waals surface area contributed by atoms with Crippen LogP contribution >= 0.6 is 11.8 Å². The Hall–Kier alpha value is -4.16. The summed E-state index contributed by atoms with van der Waals surface area (Å²) in [6.07, 6.45) is -1.45. The first-order chi connectivity index (χ1) is 20.1. The number of nitrogens with one attached hydrogen (secondary N) is 2. The molecule has 0 saturated heterocycles. The Bertz CT molecular complexity index is 1880. The molecule has 3 aromatic carbocycles. The first-order valence-electron chi connectivity index (χ1n) is 12.5. The van der Waals surface area contributed by atoms with Crippen molar-refractivity contribution in [2.45, 2.75) is 23.4 Å². The molecule has 0 spiro atoms. The molecule has 0 bridgehead atoms. The van der Waals surface area contributed by atoms with Crippen LogP contribution in [0, 0.1) is 5.82 Å². The molecule has 2 heterocycles. The number of fused-ring (bicyclic) bond motifs is 1. The Morgan fingerprint density at radius 3 is 2.52 bits per heavy atom. The summed E-state index contributed by atoms with van der Waals surface area (Å²) in [7, 11) is -2.06. The zero-order valence-corrected chi connectivity index (χ0v) is 23.6. The Balaban J connectivity index is 1.75. The van der Waals surface area contributed by atoms with E-state index in [9.17, 15) is 31.4 Å². The quantitative estimate of drug-likeness (QED) is 0.195. The largest absolute Gasteiger partial charge is 0.416 e. The van der Waals surface area contributed by atoms with Crippen molar-refractivity contribution in [3.8, 4) is 11.1 Å². The van der Waals surface area contributed by atoms with E-state index in [1.807, 2.05) is 12.3 Å². The third-order valence-electron chi connectivity index (χ3n) is 6.59. The maximum Gasteiger partial charge on any atom is 0.416 e. The molecular weight excluding hydrogens is 590 g/mol. The summed E-state index contributed by atoms with van der Waals surface area (Å²) < 4.78 is 73.3. The van der Waals surface area contributed by atoms with Crippen LogP contribution in [0.4, 0.5) is 17.6 Å². The number of aromatic nitrogens is 2. The first-order valence-corrected chi connectivity index (χ1v) is 15.1. The van der Waals surface area contributed by atoms with Gasteiger partial charge in [-0.05, 0) is 60.4 Å². The topological polar surface area (TPSA) is 84.0 Å². The average molecular weight is 614 g/mol. The molecule has 0 aliphatic carbocycles. The number of carbonyl (C=O) groups excluding carboxylic acids is 1. The molecule has 5 rings (SSSR count). The van der Waals surface area contributed by atoms with Crippen LogP contribution in [0.2, 0.25) is 0 Å². The molecule has 0 radical (unpaired) electrons. The second-order valence-electron chi connectivity index (χ2n) is 9.32. The predicted molar refractivity (Wildman–Crippen MR) is 156 cm³/mol. The van der Waals surface area contributed by atoms with Crippen molar-refractivity contribution in [1.82, 2.24) is 14.3 Å². The van der Waals surface area contributed by atoms with Gasteiger partial charge in [-0.2, -0.15) is 24.9 Å². The van der Waals surface area contributed by atoms with E-state index < -0.39 is 40.0 Å². The van der Waals surface area contributed by atoms with E-state index in [-0.39, 0.29) is 39.8 Å². The predicted octanol–water partition coefficient (Wildman–Crippen LogP) is 6.52. The van der Waals surface area contributed by atoms with Gasteiger partial charge in [0.25, 0.3) is 11.5 Å². The van der Waals surface area contributed by atoms with E-state index in [0.717, 1.165) is 17.7 Å². The van der Waals surface area contributed by atoms with Gasteiger partial charge in [0.15, 0.2) is 11.0 Å². The van der Waals surface area contributed by atoms with Crippen molar-refractivity contribution in [2.24, 2.45) is 0 Å². The second kappa shape index (κ2) is 12.0. The summed E-state index contributed by atoms with van der Waals surface area (Å²) in [6.45, 7) is -0.252. The molecule has 42 heavy (non-hydrogen) atoms. The fourth-order valence-corrected chi connectivity index (χ4v) is 6.08. The van der Waals surface area contributed by atoms with E-state index in [1.165, 1.54) is 47.2 Å². The Labute approximate surface area is 244 Å². The summed E-state index contributed by atoms with van der Waals surface area (Å²) in [5.41, 5.74) is -0.866. The van der Waals surface area contributed by atoms with Gasteiger partial charge in [0, 0.05) is 39.5 Å². The number of hydrogen-bond donors (Lipinski definition) is 2. The molecule has 0 fully saturated rings. The lowest BCUT2D eigenvalue weighted by Gasteiger charge is -2.13. The summed E-state index contributed by atoms with van der Waals surface area (Å²) in [6, 6.07) is 18.3. The van der Waals surface area contributed by atoms with Gasteiger partial charge in [-0.15, -0.1) is 0 Å². The number of amides is 1.